The summed E-state index contributed by atoms with van der Waals surface area (Å²) in [5, 5.41) is 10.8. The fourth-order valence-corrected chi connectivity index (χ4v) is 2.51. The molecule has 0 fully saturated rings. The van der Waals surface area contributed by atoms with Crippen molar-refractivity contribution < 1.29 is 5.11 Å². The highest BCUT2D eigenvalue weighted by Gasteiger charge is 2.11. The van der Waals surface area contributed by atoms with Crippen LogP contribution in [0.5, 0.6) is 5.75 Å². The fraction of sp³-hybridized carbons (Fsp3) is 0. The third-order valence-corrected chi connectivity index (χ3v) is 3.50. The highest BCUT2D eigenvalue weighted by molar-refractivity contribution is 7.71. The Kier molecular flexibility index (Phi) is 3.08. The Bertz CT molecular complexity index is 930. The molecule has 0 saturated carbocycles. The first-order chi connectivity index (χ1) is 9.58. The van der Waals surface area contributed by atoms with Gasteiger partial charge in [0.25, 0.3) is 5.56 Å². The maximum absolute atomic E-state index is 12.5. The highest BCUT2D eigenvalue weighted by atomic mass is 35.5. The van der Waals surface area contributed by atoms with Crippen molar-refractivity contribution in [3.8, 4) is 11.4 Å². The van der Waals surface area contributed by atoms with Gasteiger partial charge in [0.1, 0.15) is 5.75 Å². The number of nitrogens with one attached hydrogen (secondary N) is 1. The van der Waals surface area contributed by atoms with Gasteiger partial charge in [0.2, 0.25) is 0 Å². The first-order valence-electron chi connectivity index (χ1n) is 5.81. The van der Waals surface area contributed by atoms with Crippen molar-refractivity contribution in [2.75, 3.05) is 0 Å². The average Bonchev–Trinajstić information content (AvgIpc) is 2.42. The number of benzene rings is 2. The van der Waals surface area contributed by atoms with Crippen LogP contribution in [0.15, 0.2) is 47.3 Å². The minimum absolute atomic E-state index is 0.0636. The molecule has 1 heterocycles. The minimum Gasteiger partial charge on any atom is -0.506 e. The Morgan fingerprint density at radius 3 is 2.75 bits per heavy atom. The van der Waals surface area contributed by atoms with Crippen molar-refractivity contribution in [3.63, 3.8) is 0 Å². The largest absolute Gasteiger partial charge is 0.506 e. The first kappa shape index (κ1) is 12.9. The van der Waals surface area contributed by atoms with Crippen molar-refractivity contribution in [1.82, 2.24) is 9.55 Å². The molecule has 2 aromatic carbocycles. The van der Waals surface area contributed by atoms with E-state index in [9.17, 15) is 9.90 Å². The van der Waals surface area contributed by atoms with E-state index in [2.05, 4.69) is 4.98 Å². The Labute approximate surface area is 123 Å². The number of nitrogens with zero attached hydrogens (tertiary/aromatic N) is 1. The smallest absolute Gasteiger partial charge is 0.266 e. The number of aromatic amines is 1. The van der Waals surface area contributed by atoms with E-state index >= 15 is 0 Å². The zero-order chi connectivity index (χ0) is 14.3. The molecule has 0 bridgehead atoms. The molecular formula is C14H9ClN2O2S. The summed E-state index contributed by atoms with van der Waals surface area (Å²) < 4.78 is 1.44. The van der Waals surface area contributed by atoms with Gasteiger partial charge in [0.15, 0.2) is 4.77 Å². The second kappa shape index (κ2) is 4.77. The van der Waals surface area contributed by atoms with Crippen LogP contribution in [0.3, 0.4) is 0 Å². The van der Waals surface area contributed by atoms with E-state index < -0.39 is 0 Å². The summed E-state index contributed by atoms with van der Waals surface area (Å²) in [6.07, 6.45) is 0. The number of para-hydroxylation sites is 1. The fourth-order valence-electron chi connectivity index (χ4n) is 2.06. The Morgan fingerprint density at radius 2 is 1.95 bits per heavy atom. The molecule has 1 aromatic heterocycles. The summed E-state index contributed by atoms with van der Waals surface area (Å²) in [5.74, 6) is -0.0636. The average molecular weight is 305 g/mol. The van der Waals surface area contributed by atoms with Crippen LogP contribution < -0.4 is 5.56 Å². The number of aromatic hydroxyl groups is 1. The van der Waals surface area contributed by atoms with Gasteiger partial charge < -0.3 is 10.1 Å². The van der Waals surface area contributed by atoms with Gasteiger partial charge in [-0.1, -0.05) is 23.7 Å². The van der Waals surface area contributed by atoms with E-state index in [0.717, 1.165) is 0 Å². The Hall–Kier alpha value is -2.11. The molecule has 20 heavy (non-hydrogen) atoms. The van der Waals surface area contributed by atoms with Crippen molar-refractivity contribution in [2.24, 2.45) is 0 Å². The van der Waals surface area contributed by atoms with Crippen LogP contribution in [0.2, 0.25) is 5.02 Å². The number of phenols is 1. The molecule has 0 saturated heterocycles. The SMILES string of the molecule is O=c1c2ccccc2[nH]c(=S)n1-c1cc(Cl)ccc1O. The van der Waals surface area contributed by atoms with E-state index in [-0.39, 0.29) is 21.8 Å². The van der Waals surface area contributed by atoms with Gasteiger partial charge in [-0.2, -0.15) is 0 Å². The van der Waals surface area contributed by atoms with Crippen molar-refractivity contribution >= 4 is 34.7 Å². The predicted molar refractivity (Wildman–Crippen MR) is 81.4 cm³/mol. The molecule has 0 radical (unpaired) electrons. The maximum Gasteiger partial charge on any atom is 0.266 e. The molecule has 0 unspecified atom stereocenters. The number of halogens is 1. The standard InChI is InChI=1S/C14H9ClN2O2S/c15-8-5-6-12(18)11(7-8)17-13(19)9-3-1-2-4-10(9)16-14(17)20/h1-7,18H,(H,16,20). The van der Waals surface area contributed by atoms with Crippen molar-refractivity contribution in [2.45, 2.75) is 0 Å². The molecule has 6 heteroatoms. The summed E-state index contributed by atoms with van der Waals surface area (Å²) in [7, 11) is 0. The summed E-state index contributed by atoms with van der Waals surface area (Å²) in [4.78, 5) is 15.5. The maximum atomic E-state index is 12.5. The zero-order valence-electron chi connectivity index (χ0n) is 10.1. The van der Waals surface area contributed by atoms with Crippen LogP contribution in [0.4, 0.5) is 0 Å². The Balaban J connectivity index is 2.46. The van der Waals surface area contributed by atoms with Crippen molar-refractivity contribution in [3.05, 3.63) is 62.6 Å². The quantitative estimate of drug-likeness (QED) is 0.677. The van der Waals surface area contributed by atoms with Crippen molar-refractivity contribution in [1.29, 1.82) is 0 Å². The second-order valence-corrected chi connectivity index (χ2v) is 5.07. The molecule has 0 atom stereocenters. The van der Waals surface area contributed by atoms with Gasteiger partial charge >= 0.3 is 0 Å². The van der Waals surface area contributed by atoms with Gasteiger partial charge in [-0.3, -0.25) is 4.79 Å². The normalized spacial score (nSPS) is 10.8. The monoisotopic (exact) mass is 304 g/mol. The summed E-state index contributed by atoms with van der Waals surface area (Å²) >= 11 is 11.1. The highest BCUT2D eigenvalue weighted by Crippen LogP contribution is 2.24. The Morgan fingerprint density at radius 1 is 1.20 bits per heavy atom. The van der Waals surface area contributed by atoms with Gasteiger partial charge in [-0.25, -0.2) is 4.57 Å². The zero-order valence-corrected chi connectivity index (χ0v) is 11.7. The lowest BCUT2D eigenvalue weighted by atomic mass is 10.2. The first-order valence-corrected chi connectivity index (χ1v) is 6.59. The second-order valence-electron chi connectivity index (χ2n) is 4.25. The lowest BCUT2D eigenvalue weighted by Gasteiger charge is -2.10. The number of H-pyrrole nitrogens is 1. The van der Waals surface area contributed by atoms with Gasteiger partial charge in [-0.05, 0) is 42.5 Å². The van der Waals surface area contributed by atoms with Crippen LogP contribution in [0.1, 0.15) is 0 Å². The van der Waals surface area contributed by atoms with Crippen LogP contribution in [0, 0.1) is 4.77 Å². The van der Waals surface area contributed by atoms with E-state index in [0.29, 0.717) is 15.9 Å². The number of rotatable bonds is 1. The topological polar surface area (TPSA) is 58.0 Å². The number of aromatic nitrogens is 2. The van der Waals surface area contributed by atoms with E-state index in [1.807, 2.05) is 6.07 Å². The lowest BCUT2D eigenvalue weighted by molar-refractivity contribution is 0.471. The van der Waals surface area contributed by atoms with Gasteiger partial charge in [0.05, 0.1) is 16.6 Å². The molecule has 3 rings (SSSR count). The number of hydrogen-bond acceptors (Lipinski definition) is 3. The number of phenolic OH excluding ortho intramolecular Hbond substituents is 1. The molecule has 3 aromatic rings. The van der Waals surface area contributed by atoms with Gasteiger partial charge in [0, 0.05) is 5.02 Å². The summed E-state index contributed by atoms with van der Waals surface area (Å²) in [6.45, 7) is 0. The van der Waals surface area contributed by atoms with Crippen LogP contribution in [0.25, 0.3) is 16.6 Å². The van der Waals surface area contributed by atoms with Gasteiger partial charge in [-0.15, -0.1) is 0 Å². The number of hydrogen-bond donors (Lipinski definition) is 2. The van der Waals surface area contributed by atoms with E-state index in [1.54, 1.807) is 24.3 Å². The summed E-state index contributed by atoms with van der Waals surface area (Å²) in [5.41, 5.74) is 0.608. The van der Waals surface area contributed by atoms with E-state index in [4.69, 9.17) is 23.8 Å². The van der Waals surface area contributed by atoms with Crippen LogP contribution >= 0.6 is 23.8 Å². The lowest BCUT2D eigenvalue weighted by Crippen LogP contribution is -2.20. The molecule has 0 aliphatic carbocycles. The van der Waals surface area contributed by atoms with E-state index in [1.165, 1.54) is 16.7 Å². The van der Waals surface area contributed by atoms with Crippen LogP contribution in [-0.2, 0) is 0 Å². The third kappa shape index (κ3) is 2.01. The summed E-state index contributed by atoms with van der Waals surface area (Å²) in [6, 6.07) is 11.5. The minimum atomic E-state index is -0.304. The number of fused-ring (bicyclic) bond motifs is 1. The predicted octanol–water partition coefficient (Wildman–Crippen LogP) is 3.41. The molecule has 4 nitrogen and oxygen atoms in total. The van der Waals surface area contributed by atoms with Crippen LogP contribution in [-0.4, -0.2) is 14.7 Å². The molecule has 0 aliphatic heterocycles. The molecule has 0 spiro atoms. The third-order valence-electron chi connectivity index (χ3n) is 2.98. The molecule has 2 N–H and O–H groups in total. The molecule has 0 aliphatic rings. The molecular weight excluding hydrogens is 296 g/mol. The molecule has 0 amide bonds. The molecule has 100 valence electrons.